The quantitative estimate of drug-likeness (QED) is 0.873. The molecular formula is C14H18F2N2O. The Labute approximate surface area is 111 Å². The highest BCUT2D eigenvalue weighted by atomic mass is 19.2. The number of piperidine rings is 1. The third-order valence-corrected chi connectivity index (χ3v) is 3.31. The van der Waals surface area contributed by atoms with Crippen molar-refractivity contribution in [3.63, 3.8) is 0 Å². The van der Waals surface area contributed by atoms with Crippen molar-refractivity contribution in [1.29, 1.82) is 0 Å². The SMILES string of the molecule is O=C(Cc1ccc(F)c(F)c1)NCC1CCCCN1. The second-order valence-electron chi connectivity index (χ2n) is 4.88. The molecule has 1 fully saturated rings. The fourth-order valence-corrected chi connectivity index (χ4v) is 2.23. The van der Waals surface area contributed by atoms with Crippen LogP contribution in [0.5, 0.6) is 0 Å². The Hall–Kier alpha value is -1.49. The average molecular weight is 268 g/mol. The summed E-state index contributed by atoms with van der Waals surface area (Å²) in [4.78, 5) is 11.7. The maximum atomic E-state index is 13.0. The van der Waals surface area contributed by atoms with Crippen LogP contribution >= 0.6 is 0 Å². The molecule has 1 saturated heterocycles. The summed E-state index contributed by atoms with van der Waals surface area (Å²) in [7, 11) is 0. The van der Waals surface area contributed by atoms with Crippen LogP contribution in [-0.4, -0.2) is 25.0 Å². The van der Waals surface area contributed by atoms with Gasteiger partial charge in [0.05, 0.1) is 6.42 Å². The number of carbonyl (C=O) groups is 1. The maximum Gasteiger partial charge on any atom is 0.224 e. The predicted molar refractivity (Wildman–Crippen MR) is 68.7 cm³/mol. The minimum absolute atomic E-state index is 0.0733. The Balaban J connectivity index is 1.78. The zero-order valence-corrected chi connectivity index (χ0v) is 10.7. The minimum Gasteiger partial charge on any atom is -0.354 e. The van der Waals surface area contributed by atoms with Crippen LogP contribution in [0.4, 0.5) is 8.78 Å². The standard InChI is InChI=1S/C14H18F2N2O/c15-12-5-4-10(7-13(12)16)8-14(19)18-9-11-3-1-2-6-17-11/h4-5,7,11,17H,1-3,6,8-9H2,(H,18,19). The molecule has 1 aromatic carbocycles. The molecule has 1 heterocycles. The lowest BCUT2D eigenvalue weighted by atomic mass is 10.0. The summed E-state index contributed by atoms with van der Waals surface area (Å²) in [5, 5.41) is 6.15. The molecule has 0 radical (unpaired) electrons. The third kappa shape index (κ3) is 4.28. The van der Waals surface area contributed by atoms with Crippen LogP contribution < -0.4 is 10.6 Å². The Bertz CT molecular complexity index is 445. The van der Waals surface area contributed by atoms with Crippen molar-refractivity contribution < 1.29 is 13.6 Å². The molecule has 0 bridgehead atoms. The van der Waals surface area contributed by atoms with Crippen molar-refractivity contribution in [2.75, 3.05) is 13.1 Å². The van der Waals surface area contributed by atoms with Gasteiger partial charge < -0.3 is 10.6 Å². The molecule has 0 spiro atoms. The van der Waals surface area contributed by atoms with E-state index in [9.17, 15) is 13.6 Å². The number of rotatable bonds is 4. The van der Waals surface area contributed by atoms with Crippen molar-refractivity contribution in [2.45, 2.75) is 31.7 Å². The van der Waals surface area contributed by atoms with Crippen molar-refractivity contribution in [2.24, 2.45) is 0 Å². The Morgan fingerprint density at radius 2 is 2.16 bits per heavy atom. The second kappa shape index (κ2) is 6.61. The smallest absolute Gasteiger partial charge is 0.224 e. The number of hydrogen-bond acceptors (Lipinski definition) is 2. The molecule has 1 atom stereocenters. The van der Waals surface area contributed by atoms with Gasteiger partial charge >= 0.3 is 0 Å². The van der Waals surface area contributed by atoms with Crippen LogP contribution in [0.2, 0.25) is 0 Å². The highest BCUT2D eigenvalue weighted by Gasteiger charge is 2.13. The van der Waals surface area contributed by atoms with Crippen molar-refractivity contribution in [3.05, 3.63) is 35.4 Å². The number of nitrogens with one attached hydrogen (secondary N) is 2. The monoisotopic (exact) mass is 268 g/mol. The summed E-state index contributed by atoms with van der Waals surface area (Å²) in [6, 6.07) is 3.85. The predicted octanol–water partition coefficient (Wildman–Crippen LogP) is 1.77. The third-order valence-electron chi connectivity index (χ3n) is 3.31. The zero-order chi connectivity index (χ0) is 13.7. The van der Waals surface area contributed by atoms with Gasteiger partial charge in [-0.2, -0.15) is 0 Å². The molecular weight excluding hydrogens is 250 g/mol. The molecule has 1 amide bonds. The van der Waals surface area contributed by atoms with Crippen molar-refractivity contribution in [3.8, 4) is 0 Å². The van der Waals surface area contributed by atoms with Gasteiger partial charge in [-0.3, -0.25) is 4.79 Å². The fraction of sp³-hybridized carbons (Fsp3) is 0.500. The van der Waals surface area contributed by atoms with E-state index in [4.69, 9.17) is 0 Å². The Morgan fingerprint density at radius 3 is 2.84 bits per heavy atom. The number of amides is 1. The minimum atomic E-state index is -0.917. The fourth-order valence-electron chi connectivity index (χ4n) is 2.23. The van der Waals surface area contributed by atoms with E-state index < -0.39 is 11.6 Å². The van der Waals surface area contributed by atoms with Crippen LogP contribution in [0.3, 0.4) is 0 Å². The van der Waals surface area contributed by atoms with Crippen LogP contribution in [0.15, 0.2) is 18.2 Å². The van der Waals surface area contributed by atoms with Gasteiger partial charge in [0.1, 0.15) is 0 Å². The van der Waals surface area contributed by atoms with Crippen molar-refractivity contribution >= 4 is 5.91 Å². The molecule has 2 N–H and O–H groups in total. The molecule has 5 heteroatoms. The summed E-state index contributed by atoms with van der Waals surface area (Å²) in [5.41, 5.74) is 0.480. The van der Waals surface area contributed by atoms with Gasteiger partial charge in [0.2, 0.25) is 5.91 Å². The van der Waals surface area contributed by atoms with Gasteiger partial charge in [0, 0.05) is 12.6 Å². The summed E-state index contributed by atoms with van der Waals surface area (Å²) >= 11 is 0. The summed E-state index contributed by atoms with van der Waals surface area (Å²) < 4.78 is 25.7. The summed E-state index contributed by atoms with van der Waals surface area (Å²) in [6.45, 7) is 1.58. The molecule has 1 unspecified atom stereocenters. The molecule has 1 aromatic rings. The first-order valence-electron chi connectivity index (χ1n) is 6.59. The molecule has 2 rings (SSSR count). The molecule has 0 aromatic heterocycles. The highest BCUT2D eigenvalue weighted by Crippen LogP contribution is 2.09. The number of halogens is 2. The van der Waals surface area contributed by atoms with Gasteiger partial charge in [-0.05, 0) is 37.1 Å². The molecule has 104 valence electrons. The lowest BCUT2D eigenvalue weighted by molar-refractivity contribution is -0.120. The van der Waals surface area contributed by atoms with Gasteiger partial charge in [0.25, 0.3) is 0 Å². The first kappa shape index (κ1) is 13.9. The summed E-state index contributed by atoms with van der Waals surface area (Å²) in [6.07, 6.45) is 3.49. The maximum absolute atomic E-state index is 13.0. The van der Waals surface area contributed by atoms with E-state index in [1.54, 1.807) is 0 Å². The first-order chi connectivity index (χ1) is 9.15. The zero-order valence-electron chi connectivity index (χ0n) is 10.7. The highest BCUT2D eigenvalue weighted by molar-refractivity contribution is 5.78. The molecule has 1 aliphatic rings. The van der Waals surface area contributed by atoms with E-state index in [-0.39, 0.29) is 12.3 Å². The van der Waals surface area contributed by atoms with Crippen LogP contribution in [0.1, 0.15) is 24.8 Å². The van der Waals surface area contributed by atoms with Gasteiger partial charge in [0.15, 0.2) is 11.6 Å². The largest absolute Gasteiger partial charge is 0.354 e. The van der Waals surface area contributed by atoms with Gasteiger partial charge in [-0.25, -0.2) is 8.78 Å². The van der Waals surface area contributed by atoms with E-state index in [0.29, 0.717) is 18.2 Å². The lowest BCUT2D eigenvalue weighted by Gasteiger charge is -2.23. The molecule has 0 saturated carbocycles. The van der Waals surface area contributed by atoms with E-state index >= 15 is 0 Å². The van der Waals surface area contributed by atoms with E-state index in [1.165, 1.54) is 18.9 Å². The number of carbonyl (C=O) groups excluding carboxylic acids is 1. The van der Waals surface area contributed by atoms with Crippen LogP contribution in [0, 0.1) is 11.6 Å². The first-order valence-corrected chi connectivity index (χ1v) is 6.59. The van der Waals surface area contributed by atoms with Gasteiger partial charge in [-0.1, -0.05) is 12.5 Å². The van der Waals surface area contributed by atoms with Crippen molar-refractivity contribution in [1.82, 2.24) is 10.6 Å². The Kier molecular flexibility index (Phi) is 4.85. The second-order valence-corrected chi connectivity index (χ2v) is 4.88. The van der Waals surface area contributed by atoms with Gasteiger partial charge in [-0.15, -0.1) is 0 Å². The van der Waals surface area contributed by atoms with Crippen LogP contribution in [-0.2, 0) is 11.2 Å². The molecule has 0 aliphatic carbocycles. The lowest BCUT2D eigenvalue weighted by Crippen LogP contribution is -2.43. The summed E-state index contributed by atoms with van der Waals surface area (Å²) in [5.74, 6) is -1.98. The molecule has 3 nitrogen and oxygen atoms in total. The normalized spacial score (nSPS) is 19.2. The molecule has 1 aliphatic heterocycles. The van der Waals surface area contributed by atoms with E-state index in [1.807, 2.05) is 0 Å². The van der Waals surface area contributed by atoms with Crippen LogP contribution in [0.25, 0.3) is 0 Å². The number of hydrogen-bond donors (Lipinski definition) is 2. The molecule has 19 heavy (non-hydrogen) atoms. The average Bonchev–Trinajstić information content (AvgIpc) is 2.42. The van der Waals surface area contributed by atoms with E-state index in [0.717, 1.165) is 25.1 Å². The number of benzene rings is 1. The Morgan fingerprint density at radius 1 is 1.32 bits per heavy atom. The topological polar surface area (TPSA) is 41.1 Å². The van der Waals surface area contributed by atoms with E-state index in [2.05, 4.69) is 10.6 Å².